The van der Waals surface area contributed by atoms with E-state index in [1.54, 1.807) is 11.5 Å². The van der Waals surface area contributed by atoms with Crippen LogP contribution in [0.1, 0.15) is 36.6 Å². The number of rotatable bonds is 7. The number of carbonyl (C=O) groups is 1. The maximum atomic E-state index is 14.2. The summed E-state index contributed by atoms with van der Waals surface area (Å²) in [4.78, 5) is 33.2. The Morgan fingerprint density at radius 1 is 0.976 bits per heavy atom. The van der Waals surface area contributed by atoms with Gasteiger partial charge < -0.3 is 14.0 Å². The summed E-state index contributed by atoms with van der Waals surface area (Å²) in [6.45, 7) is 4.43. The smallest absolute Gasteiger partial charge is 0.338 e. The largest absolute Gasteiger partial charge is 0.494 e. The first-order valence-corrected chi connectivity index (χ1v) is 14.4. The van der Waals surface area contributed by atoms with Gasteiger partial charge >= 0.3 is 5.97 Å². The van der Waals surface area contributed by atoms with Gasteiger partial charge in [0.1, 0.15) is 5.75 Å². The molecule has 5 aromatic rings. The molecule has 206 valence electrons. The summed E-state index contributed by atoms with van der Waals surface area (Å²) in [5, 5.41) is 1.06. The summed E-state index contributed by atoms with van der Waals surface area (Å²) in [7, 11) is 1.99. The highest BCUT2D eigenvalue weighted by Gasteiger charge is 2.35. The minimum absolute atomic E-state index is 0.200. The van der Waals surface area contributed by atoms with Crippen molar-refractivity contribution in [2.24, 2.45) is 12.0 Å². The van der Waals surface area contributed by atoms with Gasteiger partial charge in [0.05, 0.1) is 35.1 Å². The first-order chi connectivity index (χ1) is 20.0. The number of esters is 1. The second kappa shape index (κ2) is 11.1. The fraction of sp³-hybridized carbons (Fsp3) is 0.182. The summed E-state index contributed by atoms with van der Waals surface area (Å²) >= 11 is 1.32. The average molecular weight is 564 g/mol. The molecule has 0 N–H and O–H groups in total. The number of hydrogen-bond acceptors (Lipinski definition) is 6. The topological polar surface area (TPSA) is 74.8 Å². The molecule has 2 aromatic heterocycles. The molecule has 0 aliphatic carbocycles. The zero-order valence-corrected chi connectivity index (χ0v) is 23.9. The monoisotopic (exact) mass is 563 g/mol. The summed E-state index contributed by atoms with van der Waals surface area (Å²) in [5.74, 6) is 0.210. The summed E-state index contributed by atoms with van der Waals surface area (Å²) in [6, 6.07) is 24.4. The number of nitrogens with zero attached hydrogens (tertiary/aromatic N) is 3. The van der Waals surface area contributed by atoms with Crippen molar-refractivity contribution in [1.82, 2.24) is 9.13 Å². The number of thiazole rings is 1. The van der Waals surface area contributed by atoms with Crippen LogP contribution in [0.2, 0.25) is 0 Å². The lowest BCUT2D eigenvalue weighted by molar-refractivity contribution is -0.138. The molecule has 0 saturated carbocycles. The van der Waals surface area contributed by atoms with Gasteiger partial charge in [-0.1, -0.05) is 72.0 Å². The molecule has 6 rings (SSSR count). The Labute approximate surface area is 240 Å². The van der Waals surface area contributed by atoms with Crippen LogP contribution in [0.25, 0.3) is 22.7 Å². The molecule has 1 aliphatic heterocycles. The highest BCUT2D eigenvalue weighted by molar-refractivity contribution is 7.07. The fourth-order valence-electron chi connectivity index (χ4n) is 5.30. The molecule has 0 radical (unpaired) electrons. The number of hydrogen-bond donors (Lipinski definition) is 0. The number of ether oxygens (including phenoxy) is 2. The van der Waals surface area contributed by atoms with E-state index in [9.17, 15) is 9.59 Å². The summed E-state index contributed by atoms with van der Waals surface area (Å²) in [5.41, 5.74) is 4.17. The number of aromatic nitrogens is 2. The van der Waals surface area contributed by atoms with Gasteiger partial charge in [0.2, 0.25) is 0 Å². The van der Waals surface area contributed by atoms with Gasteiger partial charge in [0, 0.05) is 35.3 Å². The van der Waals surface area contributed by atoms with Crippen molar-refractivity contribution in [1.29, 1.82) is 0 Å². The zero-order chi connectivity index (χ0) is 28.5. The van der Waals surface area contributed by atoms with E-state index >= 15 is 0 Å². The van der Waals surface area contributed by atoms with Crippen LogP contribution in [0.5, 0.6) is 5.75 Å². The minimum atomic E-state index is -0.731. The van der Waals surface area contributed by atoms with Gasteiger partial charge in [-0.25, -0.2) is 9.79 Å². The Morgan fingerprint density at radius 3 is 2.44 bits per heavy atom. The molecule has 8 heteroatoms. The highest BCUT2D eigenvalue weighted by Crippen LogP contribution is 2.35. The second-order valence-electron chi connectivity index (χ2n) is 9.65. The Morgan fingerprint density at radius 2 is 1.71 bits per heavy atom. The number of fused-ring (bicyclic) bond motifs is 2. The number of carbonyl (C=O) groups excluding carboxylic acids is 1. The van der Waals surface area contributed by atoms with Crippen molar-refractivity contribution in [3.63, 3.8) is 0 Å². The number of benzene rings is 3. The average Bonchev–Trinajstić information content (AvgIpc) is 3.48. The summed E-state index contributed by atoms with van der Waals surface area (Å²) < 4.78 is 15.4. The first-order valence-electron chi connectivity index (χ1n) is 13.6. The third-order valence-corrected chi connectivity index (χ3v) is 8.08. The first kappa shape index (κ1) is 26.5. The van der Waals surface area contributed by atoms with Crippen LogP contribution >= 0.6 is 11.3 Å². The lowest BCUT2D eigenvalue weighted by atomic mass is 9.93. The van der Waals surface area contributed by atoms with E-state index in [-0.39, 0.29) is 12.2 Å². The molecule has 0 fully saturated rings. The molecular weight excluding hydrogens is 534 g/mol. The number of aryl methyl sites for hydroxylation is 1. The van der Waals surface area contributed by atoms with E-state index in [4.69, 9.17) is 14.5 Å². The molecule has 1 atom stereocenters. The predicted octanol–water partition coefficient (Wildman–Crippen LogP) is 4.83. The van der Waals surface area contributed by atoms with E-state index in [1.165, 1.54) is 11.3 Å². The molecule has 1 aliphatic rings. The van der Waals surface area contributed by atoms with Crippen LogP contribution in [0.15, 0.2) is 100 Å². The molecular formula is C33H29N3O4S. The van der Waals surface area contributed by atoms with Crippen molar-refractivity contribution in [3.05, 3.63) is 127 Å². The van der Waals surface area contributed by atoms with Gasteiger partial charge in [-0.05, 0) is 43.7 Å². The quantitative estimate of drug-likeness (QED) is 0.266. The highest BCUT2D eigenvalue weighted by atomic mass is 32.1. The molecule has 0 unspecified atom stereocenters. The maximum absolute atomic E-state index is 14.2. The molecule has 0 spiro atoms. The standard InChI is InChI=1S/C33H29N3O4S/c1-4-39-24-17-15-22(16-18-24)30-28(32(38)40-5-2)29(21-11-7-6-8-12-21)34-33-36(30)31(37)27(41-33)19-23-20-35(3)26-14-10-9-13-25(23)26/h6-20,30H,4-5H2,1-3H3/b27-19-/t30-/m0/s1. The van der Waals surface area contributed by atoms with Crippen LogP contribution in [-0.4, -0.2) is 28.3 Å². The second-order valence-corrected chi connectivity index (χ2v) is 10.7. The third kappa shape index (κ3) is 4.80. The van der Waals surface area contributed by atoms with Crippen molar-refractivity contribution in [2.45, 2.75) is 19.9 Å². The van der Waals surface area contributed by atoms with Crippen molar-refractivity contribution >= 4 is 40.0 Å². The van der Waals surface area contributed by atoms with E-state index in [1.807, 2.05) is 104 Å². The van der Waals surface area contributed by atoms with Crippen molar-refractivity contribution in [3.8, 4) is 5.75 Å². The molecule has 3 heterocycles. The van der Waals surface area contributed by atoms with Crippen molar-refractivity contribution in [2.75, 3.05) is 13.2 Å². The Balaban J connectivity index is 1.63. The SMILES string of the molecule is CCOC(=O)C1=C(c2ccccc2)N=c2s/c(=C\c3cn(C)c4ccccc34)c(=O)n2[C@H]1c1ccc(OCC)cc1. The maximum Gasteiger partial charge on any atom is 0.338 e. The molecule has 0 bridgehead atoms. The number of para-hydroxylation sites is 1. The molecule has 0 saturated heterocycles. The lowest BCUT2D eigenvalue weighted by Crippen LogP contribution is -2.40. The lowest BCUT2D eigenvalue weighted by Gasteiger charge is -2.26. The van der Waals surface area contributed by atoms with Crippen LogP contribution < -0.4 is 19.6 Å². The minimum Gasteiger partial charge on any atom is -0.494 e. The van der Waals surface area contributed by atoms with Gasteiger partial charge in [0.25, 0.3) is 5.56 Å². The molecule has 41 heavy (non-hydrogen) atoms. The van der Waals surface area contributed by atoms with Gasteiger partial charge in [-0.3, -0.25) is 9.36 Å². The molecule has 0 amide bonds. The third-order valence-electron chi connectivity index (χ3n) is 7.09. The Kier molecular flexibility index (Phi) is 7.15. The van der Waals surface area contributed by atoms with Gasteiger partial charge in [-0.15, -0.1) is 0 Å². The summed E-state index contributed by atoms with van der Waals surface area (Å²) in [6.07, 6.45) is 3.93. The fourth-order valence-corrected chi connectivity index (χ4v) is 6.29. The molecule has 3 aromatic carbocycles. The van der Waals surface area contributed by atoms with Gasteiger partial charge in [0.15, 0.2) is 4.80 Å². The normalized spacial score (nSPS) is 15.1. The van der Waals surface area contributed by atoms with E-state index in [2.05, 4.69) is 6.07 Å². The van der Waals surface area contributed by atoms with Crippen LogP contribution in [0, 0.1) is 0 Å². The molecule has 7 nitrogen and oxygen atoms in total. The Bertz CT molecular complexity index is 1960. The zero-order valence-electron chi connectivity index (χ0n) is 23.0. The predicted molar refractivity (Wildman–Crippen MR) is 162 cm³/mol. The van der Waals surface area contributed by atoms with Crippen LogP contribution in [0.4, 0.5) is 0 Å². The Hall–Kier alpha value is -4.69. The van der Waals surface area contributed by atoms with E-state index < -0.39 is 12.0 Å². The van der Waals surface area contributed by atoms with E-state index in [0.717, 1.165) is 27.6 Å². The van der Waals surface area contributed by atoms with Crippen molar-refractivity contribution < 1.29 is 14.3 Å². The van der Waals surface area contributed by atoms with Crippen LogP contribution in [0.3, 0.4) is 0 Å². The van der Waals surface area contributed by atoms with Gasteiger partial charge in [-0.2, -0.15) is 0 Å². The van der Waals surface area contributed by atoms with E-state index in [0.29, 0.717) is 33.0 Å². The van der Waals surface area contributed by atoms with Crippen LogP contribution in [-0.2, 0) is 16.6 Å².